The number of carbonyl (C=O) groups is 1. The molecular formula is C16H23N3O4. The number of anilines is 1. The number of aliphatic hydroxyl groups is 1. The molecule has 0 spiro atoms. The number of nitro groups is 1. The van der Waals surface area contributed by atoms with Gasteiger partial charge in [0.05, 0.1) is 17.1 Å². The third kappa shape index (κ3) is 4.92. The number of hydrogen-bond acceptors (Lipinski definition) is 5. The number of nitro benzene ring substituents is 1. The lowest BCUT2D eigenvalue weighted by atomic mass is 9.98. The van der Waals surface area contributed by atoms with E-state index in [4.69, 9.17) is 0 Å². The van der Waals surface area contributed by atoms with E-state index in [0.717, 1.165) is 31.4 Å². The second-order valence-corrected chi connectivity index (χ2v) is 6.03. The number of aliphatic hydroxyl groups excluding tert-OH is 1. The summed E-state index contributed by atoms with van der Waals surface area (Å²) in [7, 11) is 0. The molecule has 0 atom stereocenters. The van der Waals surface area contributed by atoms with Crippen molar-refractivity contribution in [1.29, 1.82) is 0 Å². The molecule has 0 saturated heterocycles. The summed E-state index contributed by atoms with van der Waals surface area (Å²) in [6.07, 6.45) is 4.82. The van der Waals surface area contributed by atoms with Crippen LogP contribution in [0.25, 0.3) is 0 Å². The van der Waals surface area contributed by atoms with Crippen LogP contribution in [0.5, 0.6) is 0 Å². The number of non-ortho nitro benzene ring substituents is 1. The molecule has 2 rings (SSSR count). The fraction of sp³-hybridized carbons (Fsp3) is 0.562. The van der Waals surface area contributed by atoms with E-state index in [-0.39, 0.29) is 18.2 Å². The summed E-state index contributed by atoms with van der Waals surface area (Å²) >= 11 is 0. The zero-order chi connectivity index (χ0) is 16.7. The van der Waals surface area contributed by atoms with Crippen molar-refractivity contribution < 1.29 is 14.8 Å². The number of rotatable bonds is 8. The van der Waals surface area contributed by atoms with E-state index >= 15 is 0 Å². The summed E-state index contributed by atoms with van der Waals surface area (Å²) in [6.45, 7) is 0.608. The van der Waals surface area contributed by atoms with Gasteiger partial charge in [-0.1, -0.05) is 12.8 Å². The van der Waals surface area contributed by atoms with Gasteiger partial charge in [0.2, 0.25) is 5.91 Å². The molecular weight excluding hydrogens is 298 g/mol. The Morgan fingerprint density at radius 1 is 1.26 bits per heavy atom. The van der Waals surface area contributed by atoms with E-state index in [1.165, 1.54) is 12.1 Å². The van der Waals surface area contributed by atoms with Crippen LogP contribution in [0.4, 0.5) is 11.4 Å². The Morgan fingerprint density at radius 3 is 2.48 bits per heavy atom. The topological polar surface area (TPSA) is 104 Å². The Balaban J connectivity index is 1.68. The van der Waals surface area contributed by atoms with Crippen LogP contribution >= 0.6 is 0 Å². The first kappa shape index (κ1) is 17.2. The molecule has 0 heterocycles. The molecule has 1 aliphatic rings. The third-order valence-electron chi connectivity index (χ3n) is 4.26. The first-order chi connectivity index (χ1) is 11.0. The number of benzene rings is 1. The average Bonchev–Trinajstić information content (AvgIpc) is 3.01. The quantitative estimate of drug-likeness (QED) is 0.387. The van der Waals surface area contributed by atoms with E-state index in [9.17, 15) is 20.0 Å². The maximum absolute atomic E-state index is 12.0. The van der Waals surface area contributed by atoms with Gasteiger partial charge in [-0.25, -0.2) is 0 Å². The molecule has 1 aromatic carbocycles. The SMILES string of the molecule is O=C(CCCNc1ccc([N+](=O)[O-])cc1)NC1(CO)CCCC1. The summed E-state index contributed by atoms with van der Waals surface area (Å²) in [4.78, 5) is 22.1. The zero-order valence-corrected chi connectivity index (χ0v) is 13.1. The van der Waals surface area contributed by atoms with Crippen LogP contribution in [0.2, 0.25) is 0 Å². The molecule has 7 nitrogen and oxygen atoms in total. The van der Waals surface area contributed by atoms with Gasteiger partial charge in [0, 0.05) is 30.8 Å². The van der Waals surface area contributed by atoms with Gasteiger partial charge in [0.15, 0.2) is 0 Å². The van der Waals surface area contributed by atoms with Crippen LogP contribution in [-0.4, -0.2) is 34.6 Å². The standard InChI is InChI=1S/C16H23N3O4/c20-12-16(9-1-2-10-16)18-15(21)4-3-11-17-13-5-7-14(8-6-13)19(22)23/h5-8,17,20H,1-4,9-12H2,(H,18,21). The monoisotopic (exact) mass is 321 g/mol. The summed E-state index contributed by atoms with van der Waals surface area (Å²) in [5.74, 6) is -0.0357. The first-order valence-corrected chi connectivity index (χ1v) is 7.95. The first-order valence-electron chi connectivity index (χ1n) is 7.95. The highest BCUT2D eigenvalue weighted by atomic mass is 16.6. The van der Waals surface area contributed by atoms with Gasteiger partial charge >= 0.3 is 0 Å². The number of amides is 1. The minimum Gasteiger partial charge on any atom is -0.394 e. The molecule has 126 valence electrons. The highest BCUT2D eigenvalue weighted by Gasteiger charge is 2.34. The second-order valence-electron chi connectivity index (χ2n) is 6.03. The smallest absolute Gasteiger partial charge is 0.269 e. The summed E-state index contributed by atoms with van der Waals surface area (Å²) in [5.41, 5.74) is 0.433. The van der Waals surface area contributed by atoms with Gasteiger partial charge in [-0.3, -0.25) is 14.9 Å². The largest absolute Gasteiger partial charge is 0.394 e. The van der Waals surface area contributed by atoms with Crippen molar-refractivity contribution in [2.24, 2.45) is 0 Å². The summed E-state index contributed by atoms with van der Waals surface area (Å²) in [6, 6.07) is 6.19. The molecule has 3 N–H and O–H groups in total. The minimum absolute atomic E-state index is 0.000213. The number of carbonyl (C=O) groups excluding carboxylic acids is 1. The molecule has 7 heteroatoms. The van der Waals surface area contributed by atoms with Gasteiger partial charge in [0.25, 0.3) is 5.69 Å². The lowest BCUT2D eigenvalue weighted by molar-refractivity contribution is -0.384. The van der Waals surface area contributed by atoms with Crippen LogP contribution < -0.4 is 10.6 Å². The molecule has 0 unspecified atom stereocenters. The average molecular weight is 321 g/mol. The Kier molecular flexibility index (Phi) is 5.92. The van der Waals surface area contributed by atoms with Crippen molar-refractivity contribution >= 4 is 17.3 Å². The Hall–Kier alpha value is -2.15. The van der Waals surface area contributed by atoms with Crippen molar-refractivity contribution in [1.82, 2.24) is 5.32 Å². The van der Waals surface area contributed by atoms with Crippen LogP contribution in [0.15, 0.2) is 24.3 Å². The summed E-state index contributed by atoms with van der Waals surface area (Å²) < 4.78 is 0. The molecule has 1 aliphatic carbocycles. The predicted octanol–water partition coefficient (Wildman–Crippen LogP) is 2.21. The molecule has 1 aromatic rings. The minimum atomic E-state index is -0.436. The lowest BCUT2D eigenvalue weighted by Gasteiger charge is -2.28. The highest BCUT2D eigenvalue weighted by Crippen LogP contribution is 2.29. The summed E-state index contributed by atoms with van der Waals surface area (Å²) in [5, 5.41) is 26.1. The van der Waals surface area contributed by atoms with Gasteiger partial charge in [-0.15, -0.1) is 0 Å². The fourth-order valence-electron chi connectivity index (χ4n) is 2.92. The zero-order valence-electron chi connectivity index (χ0n) is 13.1. The van der Waals surface area contributed by atoms with Crippen molar-refractivity contribution in [2.75, 3.05) is 18.5 Å². The number of hydrogen-bond donors (Lipinski definition) is 3. The van der Waals surface area contributed by atoms with Crippen LogP contribution in [0, 0.1) is 10.1 Å². The molecule has 23 heavy (non-hydrogen) atoms. The van der Waals surface area contributed by atoms with Gasteiger partial charge in [-0.05, 0) is 31.4 Å². The van der Waals surface area contributed by atoms with Gasteiger partial charge in [-0.2, -0.15) is 0 Å². The van der Waals surface area contributed by atoms with Crippen LogP contribution in [0.1, 0.15) is 38.5 Å². The number of nitrogens with zero attached hydrogens (tertiary/aromatic N) is 1. The third-order valence-corrected chi connectivity index (χ3v) is 4.26. The van der Waals surface area contributed by atoms with E-state index in [0.29, 0.717) is 19.4 Å². The Labute approximate surface area is 135 Å². The maximum atomic E-state index is 12.0. The van der Waals surface area contributed by atoms with Crippen LogP contribution in [-0.2, 0) is 4.79 Å². The normalized spacial score (nSPS) is 16.0. The second kappa shape index (κ2) is 7.92. The van der Waals surface area contributed by atoms with Gasteiger partial charge in [0.1, 0.15) is 0 Å². The van der Waals surface area contributed by atoms with E-state index in [1.54, 1.807) is 12.1 Å². The number of nitrogens with one attached hydrogen (secondary N) is 2. The lowest BCUT2D eigenvalue weighted by Crippen LogP contribution is -2.49. The van der Waals surface area contributed by atoms with Crippen molar-refractivity contribution in [3.8, 4) is 0 Å². The van der Waals surface area contributed by atoms with E-state index in [2.05, 4.69) is 10.6 Å². The van der Waals surface area contributed by atoms with Gasteiger partial charge < -0.3 is 15.7 Å². The molecule has 0 radical (unpaired) electrons. The molecule has 0 aromatic heterocycles. The predicted molar refractivity (Wildman–Crippen MR) is 87.2 cm³/mol. The van der Waals surface area contributed by atoms with E-state index < -0.39 is 10.5 Å². The fourth-order valence-corrected chi connectivity index (χ4v) is 2.92. The molecule has 0 aliphatic heterocycles. The molecule has 1 amide bonds. The molecule has 0 bridgehead atoms. The Bertz CT molecular complexity index is 539. The van der Waals surface area contributed by atoms with E-state index in [1.807, 2.05) is 0 Å². The van der Waals surface area contributed by atoms with Crippen LogP contribution in [0.3, 0.4) is 0 Å². The molecule has 1 fully saturated rings. The van der Waals surface area contributed by atoms with Crippen molar-refractivity contribution in [3.05, 3.63) is 34.4 Å². The molecule has 1 saturated carbocycles. The maximum Gasteiger partial charge on any atom is 0.269 e. The van der Waals surface area contributed by atoms with Crippen molar-refractivity contribution in [3.63, 3.8) is 0 Å². The Morgan fingerprint density at radius 2 is 1.91 bits per heavy atom. The van der Waals surface area contributed by atoms with Crippen molar-refractivity contribution in [2.45, 2.75) is 44.1 Å². The highest BCUT2D eigenvalue weighted by molar-refractivity contribution is 5.76.